The van der Waals surface area contributed by atoms with Crippen LogP contribution < -0.4 is 5.32 Å². The van der Waals surface area contributed by atoms with Crippen molar-refractivity contribution < 1.29 is 9.47 Å². The molecule has 0 bridgehead atoms. The molecular weight excluding hydrogens is 226 g/mol. The first kappa shape index (κ1) is 14.3. The highest BCUT2D eigenvalue weighted by molar-refractivity contribution is 4.88. The van der Waals surface area contributed by atoms with Crippen molar-refractivity contribution in [1.82, 2.24) is 5.32 Å². The smallest absolute Gasteiger partial charge is 0.105 e. The zero-order valence-corrected chi connectivity index (χ0v) is 12.2. The Labute approximate surface area is 112 Å². The van der Waals surface area contributed by atoms with Crippen LogP contribution in [-0.4, -0.2) is 38.0 Å². The lowest BCUT2D eigenvalue weighted by atomic mass is 9.78. The van der Waals surface area contributed by atoms with Crippen molar-refractivity contribution in [2.75, 3.05) is 19.8 Å². The van der Waals surface area contributed by atoms with Gasteiger partial charge in [-0.1, -0.05) is 20.8 Å². The summed E-state index contributed by atoms with van der Waals surface area (Å²) in [6, 6.07) is 0.556. The maximum absolute atomic E-state index is 6.23. The van der Waals surface area contributed by atoms with Crippen LogP contribution in [-0.2, 0) is 9.47 Å². The second-order valence-electron chi connectivity index (χ2n) is 6.21. The SMILES string of the molecule is CCCNC1CCC(C(C)C)CC1OC1COC1. The van der Waals surface area contributed by atoms with Gasteiger partial charge in [-0.25, -0.2) is 0 Å². The van der Waals surface area contributed by atoms with Gasteiger partial charge >= 0.3 is 0 Å². The maximum atomic E-state index is 6.23. The first-order valence-corrected chi connectivity index (χ1v) is 7.67. The predicted octanol–water partition coefficient (Wildman–Crippen LogP) is 2.59. The van der Waals surface area contributed by atoms with E-state index in [0.717, 1.165) is 31.6 Å². The molecule has 2 rings (SSSR count). The summed E-state index contributed by atoms with van der Waals surface area (Å²) in [6.07, 6.45) is 5.78. The van der Waals surface area contributed by atoms with Gasteiger partial charge in [0, 0.05) is 6.04 Å². The van der Waals surface area contributed by atoms with Crippen molar-refractivity contribution in [3.8, 4) is 0 Å². The molecule has 0 amide bonds. The van der Waals surface area contributed by atoms with Crippen LogP contribution in [0.2, 0.25) is 0 Å². The quantitative estimate of drug-likeness (QED) is 0.791. The maximum Gasteiger partial charge on any atom is 0.105 e. The minimum absolute atomic E-state index is 0.354. The largest absolute Gasteiger partial charge is 0.376 e. The number of nitrogens with one attached hydrogen (secondary N) is 1. The molecule has 1 saturated carbocycles. The summed E-state index contributed by atoms with van der Waals surface area (Å²) in [4.78, 5) is 0. The van der Waals surface area contributed by atoms with E-state index in [0.29, 0.717) is 18.2 Å². The lowest BCUT2D eigenvalue weighted by Crippen LogP contribution is -2.50. The van der Waals surface area contributed by atoms with Gasteiger partial charge in [-0.2, -0.15) is 0 Å². The fourth-order valence-corrected chi connectivity index (χ4v) is 3.02. The molecule has 0 aromatic carbocycles. The molecular formula is C15H29NO2. The molecule has 3 atom stereocenters. The molecule has 2 fully saturated rings. The van der Waals surface area contributed by atoms with E-state index in [-0.39, 0.29) is 0 Å². The van der Waals surface area contributed by atoms with Crippen molar-refractivity contribution in [2.24, 2.45) is 11.8 Å². The van der Waals surface area contributed by atoms with Crippen LogP contribution in [0.4, 0.5) is 0 Å². The first-order valence-electron chi connectivity index (χ1n) is 7.67. The third-order valence-electron chi connectivity index (χ3n) is 4.41. The molecule has 1 aliphatic heterocycles. The zero-order chi connectivity index (χ0) is 13.0. The monoisotopic (exact) mass is 255 g/mol. The lowest BCUT2D eigenvalue weighted by molar-refractivity contribution is -0.170. The molecule has 0 radical (unpaired) electrons. The topological polar surface area (TPSA) is 30.5 Å². The minimum Gasteiger partial charge on any atom is -0.376 e. The van der Waals surface area contributed by atoms with Gasteiger partial charge < -0.3 is 14.8 Å². The summed E-state index contributed by atoms with van der Waals surface area (Å²) in [5, 5.41) is 3.67. The summed E-state index contributed by atoms with van der Waals surface area (Å²) in [5.41, 5.74) is 0. The highest BCUT2D eigenvalue weighted by Crippen LogP contribution is 2.33. The summed E-state index contributed by atoms with van der Waals surface area (Å²) >= 11 is 0. The van der Waals surface area contributed by atoms with E-state index < -0.39 is 0 Å². The number of hydrogen-bond acceptors (Lipinski definition) is 3. The molecule has 1 aliphatic carbocycles. The summed E-state index contributed by atoms with van der Waals surface area (Å²) in [7, 11) is 0. The number of rotatable bonds is 6. The van der Waals surface area contributed by atoms with Crippen LogP contribution >= 0.6 is 0 Å². The van der Waals surface area contributed by atoms with Gasteiger partial charge in [0.25, 0.3) is 0 Å². The standard InChI is InChI=1S/C15H29NO2/c1-4-7-16-14-6-5-12(11(2)3)8-15(14)18-13-9-17-10-13/h11-16H,4-10H2,1-3H3. The third-order valence-corrected chi connectivity index (χ3v) is 4.41. The molecule has 3 unspecified atom stereocenters. The van der Waals surface area contributed by atoms with Gasteiger partial charge in [-0.15, -0.1) is 0 Å². The van der Waals surface area contributed by atoms with Crippen LogP contribution in [0.1, 0.15) is 46.5 Å². The predicted molar refractivity (Wildman–Crippen MR) is 73.7 cm³/mol. The second-order valence-corrected chi connectivity index (χ2v) is 6.21. The minimum atomic E-state index is 0.354. The molecule has 3 heteroatoms. The van der Waals surface area contributed by atoms with E-state index in [1.54, 1.807) is 0 Å². The normalized spacial score (nSPS) is 33.7. The van der Waals surface area contributed by atoms with Gasteiger partial charge in [-0.3, -0.25) is 0 Å². The van der Waals surface area contributed by atoms with Crippen molar-refractivity contribution >= 4 is 0 Å². The van der Waals surface area contributed by atoms with E-state index in [4.69, 9.17) is 9.47 Å². The Hall–Kier alpha value is -0.120. The highest BCUT2D eigenvalue weighted by atomic mass is 16.6. The molecule has 0 spiro atoms. The Morgan fingerprint density at radius 1 is 1.28 bits per heavy atom. The third kappa shape index (κ3) is 3.69. The first-order chi connectivity index (χ1) is 8.70. The van der Waals surface area contributed by atoms with Crippen LogP contribution in [0.25, 0.3) is 0 Å². The zero-order valence-electron chi connectivity index (χ0n) is 12.2. The van der Waals surface area contributed by atoms with E-state index in [9.17, 15) is 0 Å². The Bertz CT molecular complexity index is 241. The Balaban J connectivity index is 1.87. The van der Waals surface area contributed by atoms with Crippen LogP contribution in [0.5, 0.6) is 0 Å². The van der Waals surface area contributed by atoms with Crippen LogP contribution in [0.15, 0.2) is 0 Å². The van der Waals surface area contributed by atoms with Gasteiger partial charge in [-0.05, 0) is 44.1 Å². The van der Waals surface area contributed by atoms with Gasteiger partial charge in [0.2, 0.25) is 0 Å². The summed E-state index contributed by atoms with van der Waals surface area (Å²) in [6.45, 7) is 9.61. The van der Waals surface area contributed by atoms with Crippen molar-refractivity contribution in [1.29, 1.82) is 0 Å². The number of hydrogen-bond donors (Lipinski definition) is 1. The van der Waals surface area contributed by atoms with Crippen LogP contribution in [0.3, 0.4) is 0 Å². The fourth-order valence-electron chi connectivity index (χ4n) is 3.02. The molecule has 1 N–H and O–H groups in total. The van der Waals surface area contributed by atoms with Crippen molar-refractivity contribution in [2.45, 2.75) is 64.7 Å². The molecule has 0 aromatic heterocycles. The molecule has 18 heavy (non-hydrogen) atoms. The van der Waals surface area contributed by atoms with E-state index in [2.05, 4.69) is 26.1 Å². The Morgan fingerprint density at radius 3 is 2.61 bits per heavy atom. The average molecular weight is 255 g/mol. The number of ether oxygens (including phenoxy) is 2. The van der Waals surface area contributed by atoms with Gasteiger partial charge in [0.1, 0.15) is 6.10 Å². The lowest BCUT2D eigenvalue weighted by Gasteiger charge is -2.41. The Kier molecular flexibility index (Phi) is 5.46. The summed E-state index contributed by atoms with van der Waals surface area (Å²) in [5.74, 6) is 1.61. The summed E-state index contributed by atoms with van der Waals surface area (Å²) < 4.78 is 11.5. The molecule has 1 saturated heterocycles. The molecule has 3 nitrogen and oxygen atoms in total. The molecule has 106 valence electrons. The fraction of sp³-hybridized carbons (Fsp3) is 1.00. The second kappa shape index (κ2) is 6.88. The van der Waals surface area contributed by atoms with Gasteiger partial charge in [0.05, 0.1) is 19.3 Å². The van der Waals surface area contributed by atoms with E-state index >= 15 is 0 Å². The van der Waals surface area contributed by atoms with Crippen molar-refractivity contribution in [3.05, 3.63) is 0 Å². The van der Waals surface area contributed by atoms with E-state index in [1.165, 1.54) is 25.7 Å². The van der Waals surface area contributed by atoms with Crippen molar-refractivity contribution in [3.63, 3.8) is 0 Å². The Morgan fingerprint density at radius 2 is 2.06 bits per heavy atom. The molecule has 1 heterocycles. The average Bonchev–Trinajstić information content (AvgIpc) is 2.31. The van der Waals surface area contributed by atoms with Gasteiger partial charge in [0.15, 0.2) is 0 Å². The van der Waals surface area contributed by atoms with Crippen LogP contribution in [0, 0.1) is 11.8 Å². The van der Waals surface area contributed by atoms with E-state index in [1.807, 2.05) is 0 Å². The highest BCUT2D eigenvalue weighted by Gasteiger charge is 2.35. The molecule has 2 aliphatic rings. The molecule has 0 aromatic rings.